The fourth-order valence-electron chi connectivity index (χ4n) is 1.65. The van der Waals surface area contributed by atoms with E-state index in [9.17, 15) is 4.79 Å². The van der Waals surface area contributed by atoms with Gasteiger partial charge in [-0.25, -0.2) is 0 Å². The average molecular weight is 242 g/mol. The van der Waals surface area contributed by atoms with Crippen LogP contribution in [0.5, 0.6) is 11.5 Å². The van der Waals surface area contributed by atoms with Crippen molar-refractivity contribution in [1.29, 1.82) is 0 Å². The zero-order valence-corrected chi connectivity index (χ0v) is 10.1. The summed E-state index contributed by atoms with van der Waals surface area (Å²) in [5, 5.41) is 8.95. The second kappa shape index (κ2) is 5.47. The summed E-state index contributed by atoms with van der Waals surface area (Å²) in [6.07, 6.45) is 0.812. The maximum absolute atomic E-state index is 10.6. The SMILES string of the molecule is Cc1cc(C=O)ccc1Oc1ccc(CO)cc1. The zero-order valence-electron chi connectivity index (χ0n) is 10.1. The number of aliphatic hydroxyl groups excluding tert-OH is 1. The van der Waals surface area contributed by atoms with E-state index >= 15 is 0 Å². The van der Waals surface area contributed by atoms with Gasteiger partial charge in [-0.1, -0.05) is 12.1 Å². The highest BCUT2D eigenvalue weighted by Crippen LogP contribution is 2.25. The molecule has 0 saturated carbocycles. The minimum Gasteiger partial charge on any atom is -0.457 e. The number of aryl methyl sites for hydroxylation is 1. The number of hydrogen-bond donors (Lipinski definition) is 1. The molecule has 0 amide bonds. The van der Waals surface area contributed by atoms with Gasteiger partial charge in [-0.05, 0) is 48.4 Å². The normalized spacial score (nSPS) is 10.1. The van der Waals surface area contributed by atoms with Gasteiger partial charge in [0, 0.05) is 5.56 Å². The minimum absolute atomic E-state index is 0.0212. The molecule has 0 bridgehead atoms. The van der Waals surface area contributed by atoms with E-state index in [0.717, 1.165) is 23.2 Å². The summed E-state index contributed by atoms with van der Waals surface area (Å²) in [5.74, 6) is 1.42. The molecule has 92 valence electrons. The Balaban J connectivity index is 2.19. The van der Waals surface area contributed by atoms with Crippen molar-refractivity contribution in [3.8, 4) is 11.5 Å². The van der Waals surface area contributed by atoms with Crippen LogP contribution in [0.3, 0.4) is 0 Å². The van der Waals surface area contributed by atoms with Gasteiger partial charge in [0.25, 0.3) is 0 Å². The van der Waals surface area contributed by atoms with Gasteiger partial charge in [-0.3, -0.25) is 4.79 Å². The Bertz CT molecular complexity index is 544. The van der Waals surface area contributed by atoms with Crippen LogP contribution in [-0.2, 0) is 6.61 Å². The van der Waals surface area contributed by atoms with Crippen molar-refractivity contribution in [3.63, 3.8) is 0 Å². The van der Waals surface area contributed by atoms with E-state index in [2.05, 4.69) is 0 Å². The van der Waals surface area contributed by atoms with Gasteiger partial charge in [0.05, 0.1) is 6.61 Å². The highest BCUT2D eigenvalue weighted by atomic mass is 16.5. The first-order valence-corrected chi connectivity index (χ1v) is 5.66. The van der Waals surface area contributed by atoms with E-state index in [-0.39, 0.29) is 6.61 Å². The minimum atomic E-state index is 0.0212. The van der Waals surface area contributed by atoms with Crippen LogP contribution in [0.4, 0.5) is 0 Å². The Labute approximate surface area is 106 Å². The van der Waals surface area contributed by atoms with Crippen LogP contribution in [0.2, 0.25) is 0 Å². The molecule has 1 N–H and O–H groups in total. The first-order valence-electron chi connectivity index (χ1n) is 5.66. The molecular weight excluding hydrogens is 228 g/mol. The Hall–Kier alpha value is -2.13. The van der Waals surface area contributed by atoms with Crippen LogP contribution in [0.1, 0.15) is 21.5 Å². The van der Waals surface area contributed by atoms with Crippen molar-refractivity contribution in [2.75, 3.05) is 0 Å². The number of carbonyl (C=O) groups excluding carboxylic acids is 1. The van der Waals surface area contributed by atoms with Crippen molar-refractivity contribution in [3.05, 3.63) is 59.2 Å². The van der Waals surface area contributed by atoms with Gasteiger partial charge in [-0.15, -0.1) is 0 Å². The Morgan fingerprint density at radius 2 is 1.89 bits per heavy atom. The molecule has 0 aliphatic carbocycles. The van der Waals surface area contributed by atoms with Crippen LogP contribution >= 0.6 is 0 Å². The van der Waals surface area contributed by atoms with Crippen molar-refractivity contribution in [2.24, 2.45) is 0 Å². The molecule has 2 aromatic rings. The maximum Gasteiger partial charge on any atom is 0.150 e. The lowest BCUT2D eigenvalue weighted by Crippen LogP contribution is -1.90. The molecule has 0 aromatic heterocycles. The number of carbonyl (C=O) groups is 1. The number of rotatable bonds is 4. The average Bonchev–Trinajstić information content (AvgIpc) is 2.42. The smallest absolute Gasteiger partial charge is 0.150 e. The lowest BCUT2D eigenvalue weighted by Gasteiger charge is -2.09. The summed E-state index contributed by atoms with van der Waals surface area (Å²) in [6.45, 7) is 1.91. The molecule has 0 atom stereocenters. The topological polar surface area (TPSA) is 46.5 Å². The molecule has 0 fully saturated rings. The molecule has 2 aromatic carbocycles. The third-order valence-corrected chi connectivity index (χ3v) is 2.67. The fraction of sp³-hybridized carbons (Fsp3) is 0.133. The van der Waals surface area contributed by atoms with Crippen molar-refractivity contribution in [2.45, 2.75) is 13.5 Å². The van der Waals surface area contributed by atoms with Crippen LogP contribution in [-0.4, -0.2) is 11.4 Å². The lowest BCUT2D eigenvalue weighted by atomic mass is 10.1. The largest absolute Gasteiger partial charge is 0.457 e. The number of aliphatic hydroxyl groups is 1. The predicted octanol–water partition coefficient (Wildman–Crippen LogP) is 3.09. The van der Waals surface area contributed by atoms with E-state index in [1.807, 2.05) is 19.1 Å². The number of hydrogen-bond acceptors (Lipinski definition) is 3. The van der Waals surface area contributed by atoms with E-state index in [0.29, 0.717) is 11.3 Å². The van der Waals surface area contributed by atoms with Crippen molar-refractivity contribution in [1.82, 2.24) is 0 Å². The molecule has 0 spiro atoms. The first-order chi connectivity index (χ1) is 8.72. The number of aldehydes is 1. The predicted molar refractivity (Wildman–Crippen MR) is 69.0 cm³/mol. The third-order valence-electron chi connectivity index (χ3n) is 2.67. The molecule has 0 aliphatic heterocycles. The quantitative estimate of drug-likeness (QED) is 0.838. The standard InChI is InChI=1S/C15H14O3/c1-11-8-13(10-17)4-7-15(11)18-14-5-2-12(9-16)3-6-14/h2-8,10,16H,9H2,1H3. The van der Waals surface area contributed by atoms with Gasteiger partial charge < -0.3 is 9.84 Å². The summed E-state index contributed by atoms with van der Waals surface area (Å²) < 4.78 is 5.71. The second-order valence-corrected chi connectivity index (χ2v) is 4.05. The zero-order chi connectivity index (χ0) is 13.0. The molecule has 0 aliphatic rings. The highest BCUT2D eigenvalue weighted by molar-refractivity contribution is 5.75. The molecule has 0 heterocycles. The van der Waals surface area contributed by atoms with Crippen LogP contribution in [0, 0.1) is 6.92 Å². The molecule has 3 heteroatoms. The molecule has 0 saturated heterocycles. The molecule has 3 nitrogen and oxygen atoms in total. The molecule has 0 unspecified atom stereocenters. The van der Waals surface area contributed by atoms with E-state index in [1.54, 1.807) is 30.3 Å². The Morgan fingerprint density at radius 3 is 2.44 bits per heavy atom. The van der Waals surface area contributed by atoms with E-state index in [1.165, 1.54) is 0 Å². The fourth-order valence-corrected chi connectivity index (χ4v) is 1.65. The number of ether oxygens (including phenoxy) is 1. The van der Waals surface area contributed by atoms with Crippen LogP contribution in [0.15, 0.2) is 42.5 Å². The molecule has 18 heavy (non-hydrogen) atoms. The van der Waals surface area contributed by atoms with Gasteiger partial charge in [0.15, 0.2) is 0 Å². The molecule has 2 rings (SSSR count). The van der Waals surface area contributed by atoms with Gasteiger partial charge in [-0.2, -0.15) is 0 Å². The number of benzene rings is 2. The van der Waals surface area contributed by atoms with Crippen LogP contribution in [0.25, 0.3) is 0 Å². The van der Waals surface area contributed by atoms with Crippen molar-refractivity contribution < 1.29 is 14.6 Å². The van der Waals surface area contributed by atoms with E-state index < -0.39 is 0 Å². The first kappa shape index (κ1) is 12.3. The van der Waals surface area contributed by atoms with E-state index in [4.69, 9.17) is 9.84 Å². The second-order valence-electron chi connectivity index (χ2n) is 4.05. The third kappa shape index (κ3) is 2.76. The van der Waals surface area contributed by atoms with Crippen LogP contribution < -0.4 is 4.74 Å². The highest BCUT2D eigenvalue weighted by Gasteiger charge is 2.02. The van der Waals surface area contributed by atoms with Gasteiger partial charge in [0.2, 0.25) is 0 Å². The summed E-state index contributed by atoms with van der Waals surface area (Å²) in [5.41, 5.74) is 2.39. The summed E-state index contributed by atoms with van der Waals surface area (Å²) in [6, 6.07) is 12.5. The van der Waals surface area contributed by atoms with Gasteiger partial charge in [0.1, 0.15) is 17.8 Å². The Morgan fingerprint density at radius 1 is 1.17 bits per heavy atom. The van der Waals surface area contributed by atoms with Crippen molar-refractivity contribution >= 4 is 6.29 Å². The molecular formula is C15H14O3. The maximum atomic E-state index is 10.6. The molecule has 0 radical (unpaired) electrons. The summed E-state index contributed by atoms with van der Waals surface area (Å²) in [4.78, 5) is 10.6. The Kier molecular flexibility index (Phi) is 3.75. The monoisotopic (exact) mass is 242 g/mol. The lowest BCUT2D eigenvalue weighted by molar-refractivity contribution is 0.112. The van der Waals surface area contributed by atoms with Gasteiger partial charge >= 0.3 is 0 Å². The summed E-state index contributed by atoms with van der Waals surface area (Å²) in [7, 11) is 0. The summed E-state index contributed by atoms with van der Waals surface area (Å²) >= 11 is 0.